The molecule has 0 bridgehead atoms. The lowest BCUT2D eigenvalue weighted by Crippen LogP contribution is -2.13. The van der Waals surface area contributed by atoms with Gasteiger partial charge in [0.25, 0.3) is 0 Å². The van der Waals surface area contributed by atoms with Crippen molar-refractivity contribution in [1.82, 2.24) is 5.32 Å². The van der Waals surface area contributed by atoms with E-state index in [1.165, 1.54) is 11.8 Å². The average molecular weight is 295 g/mol. The first-order valence-corrected chi connectivity index (χ1v) is 3.37. The number of hydrogen-bond donors (Lipinski definition) is 3. The van der Waals surface area contributed by atoms with E-state index < -0.39 is 0 Å². The minimum absolute atomic E-state index is 0. The van der Waals surface area contributed by atoms with Gasteiger partial charge in [0.2, 0.25) is 0 Å². The zero-order valence-corrected chi connectivity index (χ0v) is 9.96. The van der Waals surface area contributed by atoms with Gasteiger partial charge in [-0.15, -0.1) is 34.0 Å². The molecule has 3 nitrogen and oxygen atoms in total. The molecule has 0 spiro atoms. The van der Waals surface area contributed by atoms with Crippen LogP contribution in [-0.2, 0) is 0 Å². The Morgan fingerprint density at radius 2 is 2.10 bits per heavy atom. The molecular formula is C4H13Br2N3S. The molecule has 0 radical (unpaired) electrons. The van der Waals surface area contributed by atoms with Gasteiger partial charge in [-0.1, -0.05) is 11.8 Å². The van der Waals surface area contributed by atoms with E-state index in [1.54, 1.807) is 0 Å². The van der Waals surface area contributed by atoms with Gasteiger partial charge in [0.1, 0.15) is 0 Å². The third kappa shape index (κ3) is 15.9. The van der Waals surface area contributed by atoms with Crippen molar-refractivity contribution in [2.75, 3.05) is 19.3 Å². The van der Waals surface area contributed by atoms with E-state index in [9.17, 15) is 0 Å². The number of hydrogen-bond acceptors (Lipinski definition) is 3. The molecule has 0 aromatic heterocycles. The molecule has 0 saturated heterocycles. The Morgan fingerprint density at radius 3 is 2.40 bits per heavy atom. The molecular weight excluding hydrogens is 282 g/mol. The molecule has 10 heavy (non-hydrogen) atoms. The molecule has 6 heteroatoms. The van der Waals surface area contributed by atoms with Crippen molar-refractivity contribution in [3.63, 3.8) is 0 Å². The Bertz CT molecular complexity index is 80.9. The Hall–Kier alpha value is 0.740. The topological polar surface area (TPSA) is 61.9 Å². The number of halogens is 2. The van der Waals surface area contributed by atoms with Crippen LogP contribution in [0.3, 0.4) is 0 Å². The summed E-state index contributed by atoms with van der Waals surface area (Å²) in [5.41, 5.74) is 5.05. The Labute approximate surface area is 86.6 Å². The Kier molecular flexibility index (Phi) is 21.1. The van der Waals surface area contributed by atoms with E-state index in [-0.39, 0.29) is 39.1 Å². The van der Waals surface area contributed by atoms with Crippen molar-refractivity contribution in [2.24, 2.45) is 5.73 Å². The molecule has 0 rings (SSSR count). The second-order valence-corrected chi connectivity index (χ2v) is 2.45. The first-order chi connectivity index (χ1) is 3.77. The quantitative estimate of drug-likeness (QED) is 0.413. The Morgan fingerprint density at radius 1 is 1.60 bits per heavy atom. The molecule has 0 atom stereocenters. The molecule has 0 aromatic rings. The summed E-state index contributed by atoms with van der Waals surface area (Å²) in [6.45, 7) is 0.907. The number of amidine groups is 1. The summed E-state index contributed by atoms with van der Waals surface area (Å²) in [4.78, 5) is 0. The maximum Gasteiger partial charge on any atom is 0.151 e. The van der Waals surface area contributed by atoms with Gasteiger partial charge in [0.05, 0.1) is 0 Å². The van der Waals surface area contributed by atoms with E-state index >= 15 is 0 Å². The van der Waals surface area contributed by atoms with E-state index in [0.717, 1.165) is 12.3 Å². The van der Waals surface area contributed by atoms with Crippen LogP contribution in [0.15, 0.2) is 0 Å². The predicted molar refractivity (Wildman–Crippen MR) is 58.9 cm³/mol. The van der Waals surface area contributed by atoms with Gasteiger partial charge in [-0.05, 0) is 7.05 Å². The van der Waals surface area contributed by atoms with E-state index in [4.69, 9.17) is 11.1 Å². The SMILES string of the molecule is Br.Br.CNCCSC(=N)N. The summed E-state index contributed by atoms with van der Waals surface area (Å²) in [5, 5.41) is 9.93. The maximum atomic E-state index is 6.79. The summed E-state index contributed by atoms with van der Waals surface area (Å²) < 4.78 is 0. The molecule has 0 amide bonds. The van der Waals surface area contributed by atoms with Gasteiger partial charge in [0, 0.05) is 12.3 Å². The highest BCUT2D eigenvalue weighted by Gasteiger charge is 1.86. The highest BCUT2D eigenvalue weighted by molar-refractivity contribution is 8.93. The van der Waals surface area contributed by atoms with Crippen molar-refractivity contribution in [3.05, 3.63) is 0 Å². The monoisotopic (exact) mass is 293 g/mol. The number of rotatable bonds is 3. The van der Waals surface area contributed by atoms with Crippen LogP contribution in [0.2, 0.25) is 0 Å². The largest absolute Gasteiger partial charge is 0.379 e. The highest BCUT2D eigenvalue weighted by atomic mass is 79.9. The second-order valence-electron chi connectivity index (χ2n) is 1.32. The molecule has 0 heterocycles. The summed E-state index contributed by atoms with van der Waals surface area (Å²) in [5.74, 6) is 0.881. The summed E-state index contributed by atoms with van der Waals surface area (Å²) in [7, 11) is 1.88. The lowest BCUT2D eigenvalue weighted by Gasteiger charge is -1.94. The number of nitrogens with two attached hydrogens (primary N) is 1. The summed E-state index contributed by atoms with van der Waals surface area (Å²) >= 11 is 1.35. The van der Waals surface area contributed by atoms with Crippen LogP contribution in [-0.4, -0.2) is 24.5 Å². The number of thioether (sulfide) groups is 1. The van der Waals surface area contributed by atoms with Crippen LogP contribution >= 0.6 is 45.7 Å². The fourth-order valence-electron chi connectivity index (χ4n) is 0.263. The molecule has 4 N–H and O–H groups in total. The lowest BCUT2D eigenvalue weighted by atomic mass is 10.8. The third-order valence-electron chi connectivity index (χ3n) is 0.610. The van der Waals surface area contributed by atoms with Gasteiger partial charge in [-0.25, -0.2) is 0 Å². The van der Waals surface area contributed by atoms with Crippen LogP contribution in [0.5, 0.6) is 0 Å². The Balaban J connectivity index is -0.000000245. The summed E-state index contributed by atoms with van der Waals surface area (Å²) in [6.07, 6.45) is 0. The first-order valence-electron chi connectivity index (χ1n) is 2.39. The van der Waals surface area contributed by atoms with Gasteiger partial charge >= 0.3 is 0 Å². The zero-order chi connectivity index (χ0) is 6.41. The second kappa shape index (κ2) is 12.4. The first kappa shape index (κ1) is 17.0. The fraction of sp³-hybridized carbons (Fsp3) is 0.750. The van der Waals surface area contributed by atoms with Crippen molar-refractivity contribution in [3.8, 4) is 0 Å². The van der Waals surface area contributed by atoms with Crippen molar-refractivity contribution < 1.29 is 0 Å². The molecule has 0 aliphatic carbocycles. The van der Waals surface area contributed by atoms with E-state index in [1.807, 2.05) is 7.05 Å². The lowest BCUT2D eigenvalue weighted by molar-refractivity contribution is 0.873. The van der Waals surface area contributed by atoms with E-state index in [2.05, 4.69) is 5.32 Å². The van der Waals surface area contributed by atoms with Crippen molar-refractivity contribution in [2.45, 2.75) is 0 Å². The summed E-state index contributed by atoms with van der Waals surface area (Å²) in [6, 6.07) is 0. The molecule has 0 aliphatic rings. The normalized spacial score (nSPS) is 7.30. The van der Waals surface area contributed by atoms with Crippen molar-refractivity contribution in [1.29, 1.82) is 5.41 Å². The molecule has 0 aliphatic heterocycles. The van der Waals surface area contributed by atoms with Gasteiger partial charge in [0.15, 0.2) is 5.17 Å². The number of nitrogens with one attached hydrogen (secondary N) is 2. The zero-order valence-electron chi connectivity index (χ0n) is 5.72. The van der Waals surface area contributed by atoms with Gasteiger partial charge < -0.3 is 11.1 Å². The third-order valence-corrected chi connectivity index (χ3v) is 1.33. The highest BCUT2D eigenvalue weighted by Crippen LogP contribution is 1.93. The fourth-order valence-corrected chi connectivity index (χ4v) is 0.789. The minimum Gasteiger partial charge on any atom is -0.379 e. The molecule has 0 fully saturated rings. The van der Waals surface area contributed by atoms with Crippen LogP contribution in [0.1, 0.15) is 0 Å². The maximum absolute atomic E-state index is 6.79. The molecule has 64 valence electrons. The van der Waals surface area contributed by atoms with Crippen LogP contribution in [0.25, 0.3) is 0 Å². The van der Waals surface area contributed by atoms with Crippen LogP contribution in [0, 0.1) is 5.41 Å². The van der Waals surface area contributed by atoms with Crippen LogP contribution < -0.4 is 11.1 Å². The van der Waals surface area contributed by atoms with E-state index in [0.29, 0.717) is 0 Å². The molecule has 0 aromatic carbocycles. The van der Waals surface area contributed by atoms with Crippen LogP contribution in [0.4, 0.5) is 0 Å². The molecule has 0 saturated carbocycles. The average Bonchev–Trinajstić information content (AvgIpc) is 1.66. The smallest absolute Gasteiger partial charge is 0.151 e. The predicted octanol–water partition coefficient (Wildman–Crippen LogP) is 0.988. The molecule has 0 unspecified atom stereocenters. The van der Waals surface area contributed by atoms with Crippen molar-refractivity contribution >= 4 is 50.9 Å². The van der Waals surface area contributed by atoms with Gasteiger partial charge in [-0.2, -0.15) is 0 Å². The minimum atomic E-state index is 0. The van der Waals surface area contributed by atoms with Gasteiger partial charge in [-0.3, -0.25) is 5.41 Å². The standard InChI is InChI=1S/C4H11N3S.2BrH/c1-7-2-3-8-4(5)6;;/h7H,2-3H2,1H3,(H3,5,6);2*1H.